The third-order valence-corrected chi connectivity index (χ3v) is 4.82. The highest BCUT2D eigenvalue weighted by atomic mass is 16.6. The van der Waals surface area contributed by atoms with Crippen molar-refractivity contribution in [1.29, 1.82) is 0 Å². The monoisotopic (exact) mass is 433 g/mol. The van der Waals surface area contributed by atoms with Crippen LogP contribution in [0, 0.1) is 27.2 Å². The van der Waals surface area contributed by atoms with Gasteiger partial charge in [-0.1, -0.05) is 17.7 Å². The van der Waals surface area contributed by atoms with Gasteiger partial charge in [-0.05, 0) is 47.2 Å². The maximum absolute atomic E-state index is 11.1. The maximum atomic E-state index is 11.1. The molecule has 4 aromatic rings. The molecule has 0 saturated heterocycles. The van der Waals surface area contributed by atoms with Crippen LogP contribution in [0.3, 0.4) is 0 Å². The second kappa shape index (κ2) is 8.32. The summed E-state index contributed by atoms with van der Waals surface area (Å²) in [6.45, 7) is 1.49. The van der Waals surface area contributed by atoms with Crippen LogP contribution in [0.25, 0.3) is 22.8 Å². The number of non-ortho nitro benzene ring substituents is 2. The molecule has 4 rings (SSSR count). The Hall–Kier alpha value is -4.51. The van der Waals surface area contributed by atoms with Crippen molar-refractivity contribution in [3.63, 3.8) is 0 Å². The summed E-state index contributed by atoms with van der Waals surface area (Å²) in [7, 11) is 0. The minimum atomic E-state index is -0.549. The molecule has 1 aromatic heterocycles. The molecule has 32 heavy (non-hydrogen) atoms. The van der Waals surface area contributed by atoms with E-state index in [9.17, 15) is 25.3 Å². The number of aromatic nitrogens is 4. The third kappa shape index (κ3) is 3.91. The first-order chi connectivity index (χ1) is 15.4. The molecular formula is C21H17N6O5+. The zero-order chi connectivity index (χ0) is 22.8. The van der Waals surface area contributed by atoms with E-state index in [2.05, 4.69) is 10.2 Å². The van der Waals surface area contributed by atoms with Gasteiger partial charge < -0.3 is 5.11 Å². The molecule has 11 heteroatoms. The van der Waals surface area contributed by atoms with Gasteiger partial charge in [0, 0.05) is 34.6 Å². The molecule has 0 aliphatic carbocycles. The van der Waals surface area contributed by atoms with Gasteiger partial charge in [-0.2, -0.15) is 0 Å². The number of rotatable bonds is 6. The highest BCUT2D eigenvalue weighted by Crippen LogP contribution is 2.21. The van der Waals surface area contributed by atoms with Gasteiger partial charge >= 0.3 is 5.82 Å². The summed E-state index contributed by atoms with van der Waals surface area (Å²) < 4.78 is 0. The molecule has 0 aliphatic rings. The van der Waals surface area contributed by atoms with Crippen molar-refractivity contribution in [3.8, 4) is 22.8 Å². The Morgan fingerprint density at radius 1 is 0.938 bits per heavy atom. The Bertz CT molecular complexity index is 1320. The van der Waals surface area contributed by atoms with Crippen LogP contribution in [0.5, 0.6) is 0 Å². The number of aryl methyl sites for hydroxylation is 1. The van der Waals surface area contributed by atoms with Crippen molar-refractivity contribution >= 4 is 11.4 Å². The van der Waals surface area contributed by atoms with Crippen LogP contribution in [0.4, 0.5) is 11.4 Å². The summed E-state index contributed by atoms with van der Waals surface area (Å²) in [5, 5.41) is 41.1. The van der Waals surface area contributed by atoms with E-state index >= 15 is 0 Å². The third-order valence-electron chi connectivity index (χ3n) is 4.82. The molecule has 0 atom stereocenters. The Morgan fingerprint density at radius 2 is 1.56 bits per heavy atom. The van der Waals surface area contributed by atoms with Crippen molar-refractivity contribution in [3.05, 3.63) is 98.1 Å². The molecule has 0 bridgehead atoms. The van der Waals surface area contributed by atoms with Crippen LogP contribution in [-0.2, 0) is 6.61 Å². The van der Waals surface area contributed by atoms with E-state index in [1.54, 1.807) is 0 Å². The number of hydrogen-bond donors (Lipinski definition) is 1. The molecule has 0 amide bonds. The number of benzene rings is 3. The lowest BCUT2D eigenvalue weighted by Crippen LogP contribution is -2.44. The summed E-state index contributed by atoms with van der Waals surface area (Å²) in [4.78, 5) is 23.9. The highest BCUT2D eigenvalue weighted by Gasteiger charge is 2.26. The minimum Gasteiger partial charge on any atom is -0.392 e. The number of nitro benzene ring substituents is 2. The Balaban J connectivity index is 1.91. The van der Waals surface area contributed by atoms with Gasteiger partial charge in [-0.25, -0.2) is 0 Å². The van der Waals surface area contributed by atoms with Crippen molar-refractivity contribution in [2.75, 3.05) is 0 Å². The standard InChI is InChI=1S/C21H17N6O5/c1-14-2-4-15(5-3-14)21-22-24(17-6-8-18(9-7-17)26(29)30)25(23-21)20-11-10-19(27(31)32)12-16(20)13-28/h2-12,28H,13H2,1H3/q+1. The molecule has 0 aliphatic heterocycles. The Morgan fingerprint density at radius 3 is 2.16 bits per heavy atom. The summed E-state index contributed by atoms with van der Waals surface area (Å²) in [6.07, 6.45) is 0. The van der Waals surface area contributed by atoms with Crippen LogP contribution in [0.1, 0.15) is 11.1 Å². The van der Waals surface area contributed by atoms with Crippen molar-refractivity contribution in [1.82, 2.24) is 15.0 Å². The molecule has 0 fully saturated rings. The number of aliphatic hydroxyl groups excluding tert-OH is 1. The predicted molar refractivity (Wildman–Crippen MR) is 112 cm³/mol. The van der Waals surface area contributed by atoms with E-state index in [1.807, 2.05) is 31.2 Å². The van der Waals surface area contributed by atoms with Crippen LogP contribution < -0.4 is 4.80 Å². The molecule has 1 N–H and O–H groups in total. The van der Waals surface area contributed by atoms with E-state index < -0.39 is 16.5 Å². The second-order valence-electron chi connectivity index (χ2n) is 6.97. The van der Waals surface area contributed by atoms with Crippen molar-refractivity contribution in [2.24, 2.45) is 0 Å². The first kappa shape index (κ1) is 20.8. The lowest BCUT2D eigenvalue weighted by Gasteiger charge is -2.04. The zero-order valence-corrected chi connectivity index (χ0v) is 16.8. The van der Waals surface area contributed by atoms with Crippen molar-refractivity contribution in [2.45, 2.75) is 13.5 Å². The van der Waals surface area contributed by atoms with Gasteiger partial charge in [0.2, 0.25) is 0 Å². The van der Waals surface area contributed by atoms with E-state index in [0.29, 0.717) is 17.2 Å². The molecule has 0 unspecified atom stereocenters. The molecule has 0 spiro atoms. The maximum Gasteiger partial charge on any atom is 0.340 e. The van der Waals surface area contributed by atoms with Crippen LogP contribution in [0.2, 0.25) is 0 Å². The lowest BCUT2D eigenvalue weighted by atomic mass is 10.1. The fourth-order valence-corrected chi connectivity index (χ4v) is 3.14. The average Bonchev–Trinajstić information content (AvgIpc) is 3.24. The first-order valence-electron chi connectivity index (χ1n) is 9.47. The van der Waals surface area contributed by atoms with Gasteiger partial charge in [0.05, 0.1) is 27.1 Å². The fraction of sp³-hybridized carbons (Fsp3) is 0.0952. The summed E-state index contributed by atoms with van der Waals surface area (Å²) in [5.41, 5.74) is 2.68. The van der Waals surface area contributed by atoms with E-state index in [-0.39, 0.29) is 16.9 Å². The SMILES string of the molecule is Cc1ccc(-c2nn(-c3ccc([N+](=O)[O-])cc3)[n+](-c3ccc([N+](=O)[O-])cc3CO)n2)cc1. The van der Waals surface area contributed by atoms with E-state index in [1.165, 1.54) is 52.1 Å². The Kier molecular flexibility index (Phi) is 5.39. The number of nitro groups is 2. The Labute approximate surface area is 181 Å². The predicted octanol–water partition coefficient (Wildman–Crippen LogP) is 2.83. The number of nitrogens with zero attached hydrogens (tertiary/aromatic N) is 6. The van der Waals surface area contributed by atoms with Crippen molar-refractivity contribution < 1.29 is 19.7 Å². The highest BCUT2D eigenvalue weighted by molar-refractivity contribution is 5.54. The number of aliphatic hydroxyl groups is 1. The molecular weight excluding hydrogens is 416 g/mol. The van der Waals surface area contributed by atoms with Gasteiger partial charge in [-0.3, -0.25) is 20.2 Å². The number of tetrazole rings is 1. The van der Waals surface area contributed by atoms with Crippen LogP contribution in [0.15, 0.2) is 66.7 Å². The smallest absolute Gasteiger partial charge is 0.340 e. The molecule has 1 heterocycles. The van der Waals surface area contributed by atoms with Gasteiger partial charge in [0.25, 0.3) is 11.4 Å². The largest absolute Gasteiger partial charge is 0.392 e. The van der Waals surface area contributed by atoms with Gasteiger partial charge in [0.1, 0.15) is 5.69 Å². The second-order valence-corrected chi connectivity index (χ2v) is 6.97. The average molecular weight is 433 g/mol. The topological polar surface area (TPSA) is 141 Å². The van der Waals surface area contributed by atoms with Gasteiger partial charge in [0.15, 0.2) is 5.69 Å². The summed E-state index contributed by atoms with van der Waals surface area (Å²) in [5.74, 6) is 0.366. The molecule has 160 valence electrons. The minimum absolute atomic E-state index is 0.0782. The summed E-state index contributed by atoms with van der Waals surface area (Å²) in [6, 6.07) is 17.3. The normalized spacial score (nSPS) is 10.8. The number of hydrogen-bond acceptors (Lipinski definition) is 7. The molecule has 11 nitrogen and oxygen atoms in total. The quantitative estimate of drug-likeness (QED) is 0.280. The van der Waals surface area contributed by atoms with Gasteiger partial charge in [-0.15, -0.1) is 0 Å². The summed E-state index contributed by atoms with van der Waals surface area (Å²) >= 11 is 0. The van der Waals surface area contributed by atoms with E-state index in [0.717, 1.165) is 11.1 Å². The zero-order valence-electron chi connectivity index (χ0n) is 16.8. The molecule has 0 radical (unpaired) electrons. The first-order valence-corrected chi connectivity index (χ1v) is 9.47. The molecule has 0 saturated carbocycles. The van der Waals surface area contributed by atoms with E-state index in [4.69, 9.17) is 0 Å². The lowest BCUT2D eigenvalue weighted by molar-refractivity contribution is -0.735. The van der Waals surface area contributed by atoms with Crippen LogP contribution >= 0.6 is 0 Å². The van der Waals surface area contributed by atoms with Crippen LogP contribution in [-0.4, -0.2) is 29.9 Å². The fourth-order valence-electron chi connectivity index (χ4n) is 3.14. The molecule has 3 aromatic carbocycles.